The highest BCUT2D eigenvalue weighted by Gasteiger charge is 2.31. The Kier molecular flexibility index (Phi) is 18.9. The van der Waals surface area contributed by atoms with E-state index in [1.807, 2.05) is 92.6 Å². The van der Waals surface area contributed by atoms with Crippen molar-refractivity contribution in [2.45, 2.75) is 0 Å². The maximum absolute atomic E-state index is 4.69. The van der Waals surface area contributed by atoms with Crippen LogP contribution >= 0.6 is 45.3 Å². The molecule has 0 radical (unpaired) electrons. The highest BCUT2D eigenvalue weighted by Crippen LogP contribution is 2.58. The average molecular weight is 1660 g/mol. The van der Waals surface area contributed by atoms with E-state index < -0.39 is 0 Å². The molecule has 0 unspecified atom stereocenters. The number of rotatable bonds is 16. The lowest BCUT2D eigenvalue weighted by Crippen LogP contribution is -2.01. The highest BCUT2D eigenvalue weighted by molar-refractivity contribution is 7.14. The molecule has 584 valence electrons. The van der Waals surface area contributed by atoms with Gasteiger partial charge in [-0.3, -0.25) is 0 Å². The number of benzene rings is 16. The fourth-order valence-corrected chi connectivity index (χ4v) is 21.4. The minimum Gasteiger partial charge on any atom is -0.241 e. The second-order valence-corrected chi connectivity index (χ2v) is 34.7. The summed E-state index contributed by atoms with van der Waals surface area (Å²) in [6.45, 7) is 0. The van der Waals surface area contributed by atoms with Crippen LogP contribution in [0, 0.1) is 0 Å². The Balaban J connectivity index is 0.000000143. The monoisotopic (exact) mass is 1660 g/mol. The summed E-state index contributed by atoms with van der Waals surface area (Å²) in [5.74, 6) is 0. The van der Waals surface area contributed by atoms with Gasteiger partial charge in [0.1, 0.15) is 0 Å². The quantitative estimate of drug-likeness (QED) is 0.0904. The second-order valence-electron chi connectivity index (χ2n) is 30.9. The molecule has 0 N–H and O–H groups in total. The SMILES string of the molecule is c1ccc(-c2c3cc(-c4cccs4)ccc3c(-c3ccc(-c4cccs4)cc3)c3c(-c4ccccc4)c4cc(-c5cccs5)ccc4c(-c4ccc(-c5cccs5)cc4)c23)cc1.c1ccc(-c2c3cc(-n4cccn4)ccc3c(-c3ccc(-n4cccn4)cc3)c3c(-c4ccccc4)c4cc(-n5cccn5)ccc4c(-c4ccc(-n5cccn5)cc4)c23)cc1. The molecule has 8 heterocycles. The first-order valence-electron chi connectivity index (χ1n) is 41.4. The van der Waals surface area contributed by atoms with E-state index in [1.165, 1.54) is 119 Å². The van der Waals surface area contributed by atoms with Crippen molar-refractivity contribution in [1.29, 1.82) is 0 Å². The molecular formula is C112H72N8S4. The second kappa shape index (κ2) is 31.7. The van der Waals surface area contributed by atoms with Gasteiger partial charge in [0.25, 0.3) is 0 Å². The van der Waals surface area contributed by atoms with Gasteiger partial charge in [-0.1, -0.05) is 255 Å². The summed E-state index contributed by atoms with van der Waals surface area (Å²) >= 11 is 7.16. The Morgan fingerprint density at radius 2 is 0.379 bits per heavy atom. The highest BCUT2D eigenvalue weighted by atomic mass is 32.1. The summed E-state index contributed by atoms with van der Waals surface area (Å²) < 4.78 is 7.69. The molecule has 8 aromatic heterocycles. The van der Waals surface area contributed by atoms with Gasteiger partial charge in [-0.05, 0) is 307 Å². The first kappa shape index (κ1) is 73.8. The van der Waals surface area contributed by atoms with E-state index in [2.05, 4.69) is 382 Å². The van der Waals surface area contributed by atoms with Crippen LogP contribution in [-0.2, 0) is 0 Å². The predicted octanol–water partition coefficient (Wildman–Crippen LogP) is 31.3. The van der Waals surface area contributed by atoms with Crippen LogP contribution in [0.15, 0.2) is 435 Å². The zero-order valence-corrected chi connectivity index (χ0v) is 70.0. The molecule has 0 saturated carbocycles. The Hall–Kier alpha value is -15.3. The lowest BCUT2D eigenvalue weighted by molar-refractivity contribution is 0.881. The molecule has 0 amide bonds. The van der Waals surface area contributed by atoms with E-state index in [0.29, 0.717) is 0 Å². The molecule has 8 nitrogen and oxygen atoms in total. The van der Waals surface area contributed by atoms with E-state index in [-0.39, 0.29) is 0 Å². The standard InChI is InChI=1S/C58H36S4.C54H36N8/c1-3-11-39(12-4-1)55-47-35-43(51-17-9-33-61-51)27-29-45(47)54(42-25-21-38(22-26-42)50-16-8-32-60-50)58-56(40-13-5-2-6-14-40)48-36-44(52-18-10-34-62-52)28-30-46(48)53(57(55)58)41-23-19-37(20-24-41)49-15-7-31-59-49;1-3-11-37(12-4-1)51-47-35-43(61-33-9-29-57-61)23-25-45(47)50(40-17-21-42(22-18-40)60-32-8-28-56-60)54-52(38-13-5-2-6-14-38)48-36-44(62-34-10-30-58-62)24-26-46(48)49(53(51)54)39-15-19-41(20-16-39)59-31-7-27-55-59/h2*1-36H. The molecule has 0 aliphatic heterocycles. The summed E-state index contributed by atoms with van der Waals surface area (Å²) in [5.41, 5.74) is 27.8. The van der Waals surface area contributed by atoms with Crippen molar-refractivity contribution in [2.75, 3.05) is 0 Å². The van der Waals surface area contributed by atoms with Crippen molar-refractivity contribution < 1.29 is 0 Å². The van der Waals surface area contributed by atoms with Crippen molar-refractivity contribution in [3.8, 4) is 154 Å². The Morgan fingerprint density at radius 3 is 0.645 bits per heavy atom. The zero-order chi connectivity index (χ0) is 82.0. The molecule has 0 aliphatic carbocycles. The van der Waals surface area contributed by atoms with E-state index in [1.54, 1.807) is 45.3 Å². The van der Waals surface area contributed by atoms with Gasteiger partial charge in [-0.2, -0.15) is 20.4 Å². The molecular weight excluding hydrogens is 1590 g/mol. The van der Waals surface area contributed by atoms with Gasteiger partial charge in [0, 0.05) is 69.1 Å². The Labute approximate surface area is 731 Å². The predicted molar refractivity (Wildman–Crippen MR) is 523 cm³/mol. The molecule has 24 rings (SSSR count). The summed E-state index contributed by atoms with van der Waals surface area (Å²) in [7, 11) is 0. The van der Waals surface area contributed by atoms with Crippen LogP contribution in [0.25, 0.3) is 218 Å². The summed E-state index contributed by atoms with van der Waals surface area (Å²) in [5, 5.41) is 41.5. The molecule has 0 atom stereocenters. The van der Waals surface area contributed by atoms with Gasteiger partial charge >= 0.3 is 0 Å². The smallest absolute Gasteiger partial charge is 0.0652 e. The molecule has 12 heteroatoms. The van der Waals surface area contributed by atoms with E-state index in [9.17, 15) is 0 Å². The summed E-state index contributed by atoms with van der Waals surface area (Å²) in [6.07, 6.45) is 15.2. The first-order valence-corrected chi connectivity index (χ1v) is 44.9. The van der Waals surface area contributed by atoms with Gasteiger partial charge in [-0.25, -0.2) is 18.7 Å². The van der Waals surface area contributed by atoms with E-state index in [0.717, 1.165) is 99.6 Å². The van der Waals surface area contributed by atoms with Crippen molar-refractivity contribution in [3.63, 3.8) is 0 Å². The van der Waals surface area contributed by atoms with Crippen LogP contribution < -0.4 is 0 Å². The number of hydrogen-bond donors (Lipinski definition) is 0. The normalized spacial score (nSPS) is 11.5. The molecule has 0 fully saturated rings. The topological polar surface area (TPSA) is 71.3 Å². The van der Waals surface area contributed by atoms with Gasteiger partial charge in [0.2, 0.25) is 0 Å². The van der Waals surface area contributed by atoms with Crippen LogP contribution in [0.1, 0.15) is 0 Å². The number of thiophene rings is 4. The van der Waals surface area contributed by atoms with Crippen LogP contribution in [0.4, 0.5) is 0 Å². The largest absolute Gasteiger partial charge is 0.241 e. The lowest BCUT2D eigenvalue weighted by Gasteiger charge is -2.26. The fourth-order valence-electron chi connectivity index (χ4n) is 18.5. The molecule has 124 heavy (non-hydrogen) atoms. The minimum absolute atomic E-state index is 0.983. The summed E-state index contributed by atoms with van der Waals surface area (Å²) in [4.78, 5) is 5.08. The van der Waals surface area contributed by atoms with Crippen molar-refractivity contribution in [3.05, 3.63) is 435 Å². The third-order valence-electron chi connectivity index (χ3n) is 23.9. The molecule has 24 aromatic rings. The lowest BCUT2D eigenvalue weighted by atomic mass is 9.77. The van der Waals surface area contributed by atoms with E-state index >= 15 is 0 Å². The number of hydrogen-bond acceptors (Lipinski definition) is 8. The molecule has 16 aromatic carbocycles. The van der Waals surface area contributed by atoms with Gasteiger partial charge < -0.3 is 0 Å². The number of fused-ring (bicyclic) bond motifs is 6. The summed E-state index contributed by atoms with van der Waals surface area (Å²) in [6, 6.07) is 134. The Bertz CT molecular complexity index is 7010. The third kappa shape index (κ3) is 13.2. The number of nitrogens with zero attached hydrogens (tertiary/aromatic N) is 8. The molecule has 0 spiro atoms. The molecule has 0 aliphatic rings. The molecule has 0 bridgehead atoms. The van der Waals surface area contributed by atoms with Crippen molar-refractivity contribution in [1.82, 2.24) is 39.1 Å². The van der Waals surface area contributed by atoms with Crippen molar-refractivity contribution >= 4 is 110 Å². The van der Waals surface area contributed by atoms with Crippen LogP contribution in [0.2, 0.25) is 0 Å². The number of aromatic nitrogens is 8. The van der Waals surface area contributed by atoms with Crippen molar-refractivity contribution in [2.24, 2.45) is 0 Å². The fraction of sp³-hybridized carbons (Fsp3) is 0. The van der Waals surface area contributed by atoms with E-state index in [4.69, 9.17) is 0 Å². The van der Waals surface area contributed by atoms with Crippen LogP contribution in [0.5, 0.6) is 0 Å². The zero-order valence-electron chi connectivity index (χ0n) is 66.8. The van der Waals surface area contributed by atoms with Gasteiger partial charge in [0.15, 0.2) is 0 Å². The van der Waals surface area contributed by atoms with Gasteiger partial charge in [-0.15, -0.1) is 45.3 Å². The maximum atomic E-state index is 4.69. The Morgan fingerprint density at radius 1 is 0.161 bits per heavy atom. The van der Waals surface area contributed by atoms with Gasteiger partial charge in [0.05, 0.1) is 22.7 Å². The third-order valence-corrected chi connectivity index (χ3v) is 27.6. The van der Waals surface area contributed by atoms with Crippen LogP contribution in [0.3, 0.4) is 0 Å². The minimum atomic E-state index is 0.983. The van der Waals surface area contributed by atoms with Crippen LogP contribution in [-0.4, -0.2) is 39.1 Å². The maximum Gasteiger partial charge on any atom is 0.0652 e. The molecule has 0 saturated heterocycles. The first-order chi connectivity index (χ1) is 61.5. The average Bonchev–Trinajstić information content (AvgIpc) is 0.867.